The van der Waals surface area contributed by atoms with Crippen LogP contribution in [0.3, 0.4) is 0 Å². The maximum Gasteiger partial charge on any atom is 0.515 e. The normalized spacial score (nSPS) is 39.9. The van der Waals surface area contributed by atoms with Gasteiger partial charge in [0.15, 0.2) is 0 Å². The molecule has 0 N–H and O–H groups in total. The second kappa shape index (κ2) is 5.34. The number of hydrogen-bond donors (Lipinski definition) is 0. The van der Waals surface area contributed by atoms with Crippen LogP contribution in [0.5, 0.6) is 0 Å². The minimum atomic E-state index is -2.39. The molecule has 4 heterocycles. The van der Waals surface area contributed by atoms with Gasteiger partial charge in [0.1, 0.15) is 0 Å². The topological polar surface area (TPSA) is 34.2 Å². The van der Waals surface area contributed by atoms with Crippen LogP contribution in [0.2, 0.25) is 0 Å². The van der Waals surface area contributed by atoms with Crippen LogP contribution in [0.15, 0.2) is 0 Å². The van der Waals surface area contributed by atoms with E-state index >= 15 is 0 Å². The van der Waals surface area contributed by atoms with Crippen LogP contribution >= 0.6 is 0 Å². The van der Waals surface area contributed by atoms with Crippen LogP contribution in [0.4, 0.5) is 0 Å². The Morgan fingerprint density at radius 1 is 0.765 bits per heavy atom. The SMILES string of the molecule is C1CCN(C[Si]23OCCN(CCO2)CCO3)C1. The summed E-state index contributed by atoms with van der Waals surface area (Å²) in [5.41, 5.74) is 0. The van der Waals surface area contributed by atoms with Gasteiger partial charge in [-0.05, 0) is 25.9 Å². The van der Waals surface area contributed by atoms with Gasteiger partial charge in [0.25, 0.3) is 0 Å². The average molecular weight is 258 g/mol. The fourth-order valence-electron chi connectivity index (χ4n) is 2.80. The molecule has 4 fully saturated rings. The Hall–Kier alpha value is 0.0169. The third-order valence-electron chi connectivity index (χ3n) is 3.80. The molecular formula is C11H22N2O3Si. The van der Waals surface area contributed by atoms with Crippen LogP contribution in [-0.4, -0.2) is 77.3 Å². The van der Waals surface area contributed by atoms with Crippen molar-refractivity contribution in [2.24, 2.45) is 0 Å². The molecule has 0 aromatic heterocycles. The summed E-state index contributed by atoms with van der Waals surface area (Å²) in [6.07, 6.45) is 3.50. The lowest BCUT2D eigenvalue weighted by molar-refractivity contribution is -0.0145. The lowest BCUT2D eigenvalue weighted by atomic mass is 10.4. The van der Waals surface area contributed by atoms with E-state index in [4.69, 9.17) is 13.3 Å². The van der Waals surface area contributed by atoms with Gasteiger partial charge in [0.2, 0.25) is 0 Å². The maximum atomic E-state index is 6.01. The number of fused-ring (bicyclic) bond motifs is 6. The fraction of sp³-hybridized carbons (Fsp3) is 1.00. The molecule has 4 rings (SSSR count). The molecule has 4 aliphatic heterocycles. The molecule has 0 amide bonds. The van der Waals surface area contributed by atoms with E-state index in [9.17, 15) is 0 Å². The predicted octanol–water partition coefficient (Wildman–Crippen LogP) is -0.0607. The molecule has 0 atom stereocenters. The highest BCUT2D eigenvalue weighted by Gasteiger charge is 2.45. The lowest BCUT2D eigenvalue weighted by Crippen LogP contribution is -2.60. The van der Waals surface area contributed by atoms with Crippen molar-refractivity contribution in [2.75, 3.05) is 58.7 Å². The first kappa shape index (κ1) is 12.1. The molecule has 0 aromatic carbocycles. The molecule has 17 heavy (non-hydrogen) atoms. The molecule has 98 valence electrons. The first-order valence-corrected chi connectivity index (χ1v) is 8.66. The third kappa shape index (κ3) is 2.89. The lowest BCUT2D eigenvalue weighted by Gasteiger charge is -2.39. The van der Waals surface area contributed by atoms with E-state index in [1.54, 1.807) is 0 Å². The van der Waals surface area contributed by atoms with Crippen LogP contribution in [-0.2, 0) is 13.3 Å². The monoisotopic (exact) mass is 258 g/mol. The van der Waals surface area contributed by atoms with Crippen molar-refractivity contribution in [3.8, 4) is 0 Å². The largest absolute Gasteiger partial charge is 0.515 e. The molecule has 0 radical (unpaired) electrons. The van der Waals surface area contributed by atoms with E-state index in [0.29, 0.717) is 0 Å². The summed E-state index contributed by atoms with van der Waals surface area (Å²) in [4.78, 5) is 4.81. The standard InChI is InChI=1S/C11H22N2O3Si/c1-2-4-13(3-1)11-17-14-8-5-12(6-9-15-17)7-10-16-17/h1-11H2. The van der Waals surface area contributed by atoms with Crippen molar-refractivity contribution >= 4 is 8.80 Å². The molecule has 4 aliphatic rings. The molecule has 4 saturated heterocycles. The van der Waals surface area contributed by atoms with Crippen molar-refractivity contribution in [3.05, 3.63) is 0 Å². The quantitative estimate of drug-likeness (QED) is 0.648. The Bertz CT molecular complexity index is 235. The number of hydrogen-bond acceptors (Lipinski definition) is 5. The van der Waals surface area contributed by atoms with Crippen molar-refractivity contribution in [1.82, 2.24) is 9.80 Å². The molecule has 0 unspecified atom stereocenters. The zero-order valence-corrected chi connectivity index (χ0v) is 11.4. The molecule has 0 spiro atoms. The van der Waals surface area contributed by atoms with Crippen LogP contribution in [0.25, 0.3) is 0 Å². The summed E-state index contributed by atoms with van der Waals surface area (Å²) in [5.74, 6) is 0. The first-order chi connectivity index (χ1) is 8.36. The van der Waals surface area contributed by atoms with Gasteiger partial charge < -0.3 is 13.3 Å². The molecular weight excluding hydrogens is 236 g/mol. The highest BCUT2D eigenvalue weighted by Crippen LogP contribution is 2.19. The van der Waals surface area contributed by atoms with E-state index < -0.39 is 8.80 Å². The van der Waals surface area contributed by atoms with Gasteiger partial charge in [-0.3, -0.25) is 9.80 Å². The van der Waals surface area contributed by atoms with Gasteiger partial charge in [-0.15, -0.1) is 0 Å². The Morgan fingerprint density at radius 3 is 1.82 bits per heavy atom. The van der Waals surface area contributed by atoms with Gasteiger partial charge in [-0.2, -0.15) is 0 Å². The Kier molecular flexibility index (Phi) is 3.79. The summed E-state index contributed by atoms with van der Waals surface area (Å²) in [7, 11) is -2.39. The van der Waals surface area contributed by atoms with E-state index in [1.807, 2.05) is 0 Å². The van der Waals surface area contributed by atoms with Gasteiger partial charge in [-0.1, -0.05) is 0 Å². The van der Waals surface area contributed by atoms with E-state index in [2.05, 4.69) is 9.80 Å². The van der Waals surface area contributed by atoms with Crippen molar-refractivity contribution in [2.45, 2.75) is 12.8 Å². The van der Waals surface area contributed by atoms with Crippen LogP contribution in [0, 0.1) is 0 Å². The average Bonchev–Trinajstić information content (AvgIpc) is 2.72. The number of likely N-dealkylation sites (tertiary alicyclic amines) is 1. The van der Waals surface area contributed by atoms with E-state index in [1.165, 1.54) is 25.9 Å². The van der Waals surface area contributed by atoms with E-state index in [-0.39, 0.29) is 0 Å². The summed E-state index contributed by atoms with van der Waals surface area (Å²) in [6.45, 7) is 7.73. The minimum Gasteiger partial charge on any atom is -0.371 e. The van der Waals surface area contributed by atoms with Crippen LogP contribution in [0.1, 0.15) is 12.8 Å². The smallest absolute Gasteiger partial charge is 0.371 e. The minimum absolute atomic E-state index is 0.764. The molecule has 0 saturated carbocycles. The first-order valence-electron chi connectivity index (χ1n) is 6.73. The highest BCUT2D eigenvalue weighted by molar-refractivity contribution is 6.61. The molecule has 0 aromatic rings. The Labute approximate surface area is 104 Å². The zero-order valence-electron chi connectivity index (χ0n) is 10.4. The number of rotatable bonds is 2. The second-order valence-corrected chi connectivity index (χ2v) is 7.60. The fourth-order valence-corrected chi connectivity index (χ4v) is 5.40. The summed E-state index contributed by atoms with van der Waals surface area (Å²) >= 11 is 0. The van der Waals surface area contributed by atoms with Gasteiger partial charge >= 0.3 is 8.80 Å². The summed E-state index contributed by atoms with van der Waals surface area (Å²) < 4.78 is 18.0. The molecule has 5 nitrogen and oxygen atoms in total. The highest BCUT2D eigenvalue weighted by atomic mass is 28.4. The van der Waals surface area contributed by atoms with Gasteiger partial charge in [-0.25, -0.2) is 0 Å². The summed E-state index contributed by atoms with van der Waals surface area (Å²) in [5, 5.41) is 0. The Balaban J connectivity index is 1.67. The number of nitrogens with zero attached hydrogens (tertiary/aromatic N) is 2. The zero-order chi connectivity index (χ0) is 11.6. The van der Waals surface area contributed by atoms with Gasteiger partial charge in [0, 0.05) is 19.6 Å². The van der Waals surface area contributed by atoms with Gasteiger partial charge in [0.05, 0.1) is 26.0 Å². The molecule has 2 bridgehead atoms. The van der Waals surface area contributed by atoms with Crippen molar-refractivity contribution < 1.29 is 13.3 Å². The van der Waals surface area contributed by atoms with Crippen molar-refractivity contribution in [1.29, 1.82) is 0 Å². The predicted molar refractivity (Wildman–Crippen MR) is 65.7 cm³/mol. The van der Waals surface area contributed by atoms with Crippen LogP contribution < -0.4 is 0 Å². The Morgan fingerprint density at radius 2 is 1.29 bits per heavy atom. The third-order valence-corrected chi connectivity index (χ3v) is 6.57. The summed E-state index contributed by atoms with van der Waals surface area (Å²) in [6, 6.07) is 0. The maximum absolute atomic E-state index is 6.01. The molecule has 0 aliphatic carbocycles. The van der Waals surface area contributed by atoms with Crippen molar-refractivity contribution in [3.63, 3.8) is 0 Å². The second-order valence-electron chi connectivity index (χ2n) is 5.05. The van der Waals surface area contributed by atoms with E-state index in [0.717, 1.165) is 45.6 Å². The molecule has 6 heteroatoms.